The van der Waals surface area contributed by atoms with E-state index in [-0.39, 0.29) is 32.3 Å². The third kappa shape index (κ3) is 13.3. The SMILES string of the molecule is C.CCc1cccc2c(C(c3ccccc3OCC(C)=O)c3c[nH]c4c(CC)cccc34)c[nH]c12.CCc1cccc2c(Cc3ccccc3OCC(=O)O)c[nH]c12.COc1nc2ccccc2n1C(c1ccccc1OCC(=O)O)n1c(OC)nc2ccccc21. The smallest absolute Gasteiger partial charge is 0.341 e. The predicted octanol–water partition coefficient (Wildman–Crippen LogP) is 15.3. The summed E-state index contributed by atoms with van der Waals surface area (Å²) in [5.74, 6) is -0.326. The number of carboxylic acids is 2. The maximum absolute atomic E-state index is 11.7. The summed E-state index contributed by atoms with van der Waals surface area (Å²) < 4.78 is 32.4. The van der Waals surface area contributed by atoms with Crippen LogP contribution < -0.4 is 23.7 Å². The topological polar surface area (TPSA) is 221 Å². The molecule has 0 bridgehead atoms. The van der Waals surface area contributed by atoms with E-state index >= 15 is 0 Å². The summed E-state index contributed by atoms with van der Waals surface area (Å²) in [4.78, 5) is 53.5. The minimum Gasteiger partial charge on any atom is -0.486 e. The van der Waals surface area contributed by atoms with Gasteiger partial charge in [-0.25, -0.2) is 9.59 Å². The van der Waals surface area contributed by atoms with Gasteiger partial charge in [0.05, 0.1) is 36.3 Å². The number of imidazole rings is 2. The van der Waals surface area contributed by atoms with E-state index < -0.39 is 24.7 Å². The Hall–Kier alpha value is -11.1. The fourth-order valence-electron chi connectivity index (χ4n) is 12.1. The fourth-order valence-corrected chi connectivity index (χ4v) is 12.1. The molecule has 0 spiro atoms. The second-order valence-electron chi connectivity index (χ2n) is 21.8. The van der Waals surface area contributed by atoms with Crippen molar-refractivity contribution < 1.29 is 48.3 Å². The molecule has 0 aliphatic carbocycles. The maximum Gasteiger partial charge on any atom is 0.341 e. The number of aromatic amines is 3. The zero-order valence-electron chi connectivity index (χ0n) is 51.5. The van der Waals surface area contributed by atoms with E-state index in [1.165, 1.54) is 66.1 Å². The van der Waals surface area contributed by atoms with E-state index in [4.69, 9.17) is 28.8 Å². The Morgan fingerprint density at radius 1 is 0.446 bits per heavy atom. The van der Waals surface area contributed by atoms with E-state index in [9.17, 15) is 19.5 Å². The molecule has 17 nitrogen and oxygen atoms in total. The Morgan fingerprint density at radius 3 is 1.35 bits per heavy atom. The average molecular weight is 1230 g/mol. The number of ether oxygens (including phenoxy) is 5. The number of hydrogen-bond donors (Lipinski definition) is 5. The summed E-state index contributed by atoms with van der Waals surface area (Å²) >= 11 is 0. The summed E-state index contributed by atoms with van der Waals surface area (Å²) in [5.41, 5.74) is 16.9. The van der Waals surface area contributed by atoms with Crippen LogP contribution in [0.4, 0.5) is 0 Å². The summed E-state index contributed by atoms with van der Waals surface area (Å²) in [6, 6.07) is 58.4. The van der Waals surface area contributed by atoms with Gasteiger partial charge in [0, 0.05) is 74.8 Å². The Bertz CT molecular complexity index is 4560. The van der Waals surface area contributed by atoms with E-state index in [0.717, 1.165) is 58.2 Å². The monoisotopic (exact) mass is 1230 g/mol. The van der Waals surface area contributed by atoms with Gasteiger partial charge in [-0.3, -0.25) is 13.9 Å². The van der Waals surface area contributed by atoms with Crippen LogP contribution in [-0.4, -0.2) is 96.0 Å². The number of Topliss-reactive ketones (excluding diaryl/α,β-unsaturated/α-hetero) is 1. The number of H-pyrrole nitrogens is 3. The first-order valence-electron chi connectivity index (χ1n) is 30.3. The van der Waals surface area contributed by atoms with E-state index in [2.05, 4.69) is 119 Å². The summed E-state index contributed by atoms with van der Waals surface area (Å²) in [5, 5.41) is 21.7. The molecule has 0 aliphatic heterocycles. The maximum atomic E-state index is 11.7. The van der Waals surface area contributed by atoms with Crippen molar-refractivity contribution >= 4 is 72.5 Å². The molecule has 0 radical (unpaired) electrons. The van der Waals surface area contributed by atoms with E-state index in [0.29, 0.717) is 35.5 Å². The molecule has 5 aromatic heterocycles. The molecule has 8 aromatic carbocycles. The minimum absolute atomic E-state index is 0. The van der Waals surface area contributed by atoms with Crippen LogP contribution in [-0.2, 0) is 40.1 Å². The van der Waals surface area contributed by atoms with E-state index in [1.54, 1.807) is 33.3 Å². The van der Waals surface area contributed by atoms with Gasteiger partial charge in [0.25, 0.3) is 12.0 Å². The molecule has 0 unspecified atom stereocenters. The molecular formula is C75H75N7O10. The van der Waals surface area contributed by atoms with Gasteiger partial charge in [-0.05, 0) is 108 Å². The molecule has 0 saturated carbocycles. The van der Waals surface area contributed by atoms with Crippen molar-refractivity contribution in [3.8, 4) is 29.3 Å². The van der Waals surface area contributed by atoms with Gasteiger partial charge in [-0.2, -0.15) is 9.97 Å². The Morgan fingerprint density at radius 2 is 0.848 bits per heavy atom. The lowest BCUT2D eigenvalue weighted by atomic mass is 9.83. The standard InChI is InChI=1S/C30H30N2O2.C25H22N4O5.C19H19NO3.CH4/c1-4-20-10-8-13-22-25(16-31-29(20)22)28(24-12-6-7-15-27(24)34-18-19(3)33)26-17-32-30-21(5-2)11-9-14-23(26)30;1-32-24-26-17-10-4-6-12-19(17)28(24)23(16-9-3-8-14-21(16)34-15-22(30)31)29-20-13-7-5-11-18(20)27-25(29)33-2;1-2-13-7-5-8-16-15(11-20-19(13)16)10-14-6-3-4-9-17(14)23-12-18(21)22;/h6-17,28,31-32H,4-5,18H2,1-3H3;3-14,23H,15H2,1-2H3,(H,30,31);3-9,11,20H,2,10,12H2,1H3,(H,21,22);1H4. The van der Waals surface area contributed by atoms with Crippen molar-refractivity contribution in [3.63, 3.8) is 0 Å². The van der Waals surface area contributed by atoms with Crippen molar-refractivity contribution in [1.82, 2.24) is 34.1 Å². The molecule has 470 valence electrons. The Balaban J connectivity index is 0.000000154. The first-order valence-corrected chi connectivity index (χ1v) is 30.3. The third-order valence-corrected chi connectivity index (χ3v) is 16.2. The number of carboxylic acid groups (broad SMARTS) is 2. The van der Waals surface area contributed by atoms with Crippen LogP contribution in [0.2, 0.25) is 0 Å². The number of nitrogens with zero attached hydrogens (tertiary/aromatic N) is 4. The Labute approximate surface area is 533 Å². The predicted molar refractivity (Wildman–Crippen MR) is 361 cm³/mol. The van der Waals surface area contributed by atoms with Crippen LogP contribution in [0.1, 0.15) is 97.3 Å². The molecule has 0 saturated heterocycles. The number of benzene rings is 8. The van der Waals surface area contributed by atoms with Gasteiger partial charge in [0.2, 0.25) is 0 Å². The number of nitrogens with one attached hydrogen (secondary N) is 3. The van der Waals surface area contributed by atoms with Crippen molar-refractivity contribution in [1.29, 1.82) is 0 Å². The molecule has 13 aromatic rings. The van der Waals surface area contributed by atoms with Gasteiger partial charge in [-0.1, -0.05) is 162 Å². The highest BCUT2D eigenvalue weighted by molar-refractivity contribution is 5.92. The molecule has 0 fully saturated rings. The number of rotatable bonds is 22. The number of methoxy groups -OCH3 is 2. The largest absolute Gasteiger partial charge is 0.486 e. The number of fused-ring (bicyclic) bond motifs is 5. The molecule has 0 aliphatic rings. The van der Waals surface area contributed by atoms with Crippen LogP contribution in [0.3, 0.4) is 0 Å². The number of carbonyl (C=O) groups excluding carboxylic acids is 1. The number of para-hydroxylation sites is 10. The number of aliphatic carboxylic acids is 2. The van der Waals surface area contributed by atoms with Crippen molar-refractivity contribution in [3.05, 3.63) is 245 Å². The van der Waals surface area contributed by atoms with Crippen LogP contribution >= 0.6 is 0 Å². The minimum atomic E-state index is -1.07. The van der Waals surface area contributed by atoms with Crippen molar-refractivity contribution in [2.24, 2.45) is 0 Å². The highest BCUT2D eigenvalue weighted by Gasteiger charge is 2.31. The van der Waals surface area contributed by atoms with Crippen LogP contribution in [0.25, 0.3) is 54.8 Å². The molecule has 92 heavy (non-hydrogen) atoms. The van der Waals surface area contributed by atoms with Gasteiger partial charge in [-0.15, -0.1) is 0 Å². The number of aromatic nitrogens is 7. The molecule has 5 N–H and O–H groups in total. The van der Waals surface area contributed by atoms with Crippen LogP contribution in [0.15, 0.2) is 195 Å². The van der Waals surface area contributed by atoms with Gasteiger partial charge in [0.15, 0.2) is 19.0 Å². The molecule has 0 atom stereocenters. The van der Waals surface area contributed by atoms with Gasteiger partial charge >= 0.3 is 11.9 Å². The quantitative estimate of drug-likeness (QED) is 0.0428. The highest BCUT2D eigenvalue weighted by atomic mass is 16.5. The molecule has 13 rings (SSSR count). The van der Waals surface area contributed by atoms with Crippen molar-refractivity contribution in [2.45, 2.75) is 72.9 Å². The number of aryl methyl sites for hydroxylation is 3. The van der Waals surface area contributed by atoms with Crippen LogP contribution in [0.5, 0.6) is 29.3 Å². The zero-order valence-corrected chi connectivity index (χ0v) is 51.5. The second kappa shape index (κ2) is 29.0. The Kier molecular flexibility index (Phi) is 20.2. The summed E-state index contributed by atoms with van der Waals surface area (Å²) in [7, 11) is 3.12. The lowest BCUT2D eigenvalue weighted by Crippen LogP contribution is -2.22. The summed E-state index contributed by atoms with van der Waals surface area (Å²) in [6.45, 7) is 7.32. The van der Waals surface area contributed by atoms with E-state index in [1.807, 2.05) is 118 Å². The lowest BCUT2D eigenvalue weighted by Gasteiger charge is -2.26. The highest BCUT2D eigenvalue weighted by Crippen LogP contribution is 2.44. The van der Waals surface area contributed by atoms with Crippen molar-refractivity contribution in [2.75, 3.05) is 34.0 Å². The zero-order chi connectivity index (χ0) is 63.5. The molecule has 17 heteroatoms. The lowest BCUT2D eigenvalue weighted by molar-refractivity contribution is -0.140. The van der Waals surface area contributed by atoms with Crippen LogP contribution in [0, 0.1) is 0 Å². The second-order valence-corrected chi connectivity index (χ2v) is 21.8. The van der Waals surface area contributed by atoms with Gasteiger partial charge < -0.3 is 48.8 Å². The molecule has 0 amide bonds. The van der Waals surface area contributed by atoms with Gasteiger partial charge in [0.1, 0.15) is 30.0 Å². The third-order valence-electron chi connectivity index (χ3n) is 16.2. The summed E-state index contributed by atoms with van der Waals surface area (Å²) in [6.07, 6.45) is 9.29. The molecular weight excluding hydrogens is 1160 g/mol. The first-order chi connectivity index (χ1) is 44.4. The normalized spacial score (nSPS) is 11.1. The number of ketones is 1. The number of carbonyl (C=O) groups is 3. The average Bonchev–Trinajstić information content (AvgIpc) is 1.57. The first kappa shape index (κ1) is 63.9. The fraction of sp³-hybridized carbons (Fsp3) is 0.213. The molecule has 5 heterocycles. The number of hydrogen-bond acceptors (Lipinski definition) is 10.